The quantitative estimate of drug-likeness (QED) is 0.691. The Morgan fingerprint density at radius 3 is 2.83 bits per heavy atom. The fraction of sp³-hybridized carbons (Fsp3) is 0.750. The summed E-state index contributed by atoms with van der Waals surface area (Å²) >= 11 is 0. The molecule has 66 valence electrons. The van der Waals surface area contributed by atoms with E-state index in [-0.39, 0.29) is 0 Å². The molecule has 1 aliphatic rings. The summed E-state index contributed by atoms with van der Waals surface area (Å²) in [5.41, 5.74) is 0. The predicted molar refractivity (Wildman–Crippen MR) is 43.3 cm³/mol. The third-order valence-corrected chi connectivity index (χ3v) is 2.56. The molecule has 1 fully saturated rings. The van der Waals surface area contributed by atoms with Gasteiger partial charge in [0.15, 0.2) is 5.82 Å². The van der Waals surface area contributed by atoms with Gasteiger partial charge in [-0.05, 0) is 18.8 Å². The average molecular weight is 167 g/mol. The molecule has 0 aliphatic heterocycles. The van der Waals surface area contributed by atoms with E-state index in [9.17, 15) is 5.11 Å². The van der Waals surface area contributed by atoms with Crippen LogP contribution in [0.15, 0.2) is 6.33 Å². The summed E-state index contributed by atoms with van der Waals surface area (Å²) in [6.45, 7) is 0. The second-order valence-electron chi connectivity index (χ2n) is 3.36. The van der Waals surface area contributed by atoms with Crippen molar-refractivity contribution in [2.45, 2.75) is 31.8 Å². The van der Waals surface area contributed by atoms with Gasteiger partial charge in [-0.25, -0.2) is 4.98 Å². The molecule has 1 aliphatic carbocycles. The summed E-state index contributed by atoms with van der Waals surface area (Å²) in [5, 5.41) is 16.2. The summed E-state index contributed by atoms with van der Waals surface area (Å²) < 4.78 is 0. The van der Waals surface area contributed by atoms with E-state index in [1.54, 1.807) is 0 Å². The number of hydrogen-bond donors (Lipinski definition) is 2. The molecule has 1 saturated carbocycles. The molecular weight excluding hydrogens is 154 g/mol. The molecule has 1 aromatic heterocycles. The van der Waals surface area contributed by atoms with Gasteiger partial charge in [0.05, 0.1) is 0 Å². The van der Waals surface area contributed by atoms with Crippen molar-refractivity contribution in [3.05, 3.63) is 12.2 Å². The predicted octanol–water partition coefficient (Wildman–Crippen LogP) is 1.03. The van der Waals surface area contributed by atoms with Crippen LogP contribution in [0, 0.1) is 5.92 Å². The van der Waals surface area contributed by atoms with Crippen molar-refractivity contribution in [1.82, 2.24) is 15.2 Å². The maximum Gasteiger partial charge on any atom is 0.153 e. The highest BCUT2D eigenvalue weighted by atomic mass is 16.3. The van der Waals surface area contributed by atoms with E-state index >= 15 is 0 Å². The Balaban J connectivity index is 2.04. The van der Waals surface area contributed by atoms with Crippen LogP contribution in [0.2, 0.25) is 0 Å². The number of rotatable bonds is 2. The molecule has 0 spiro atoms. The minimum absolute atomic E-state index is 0.387. The largest absolute Gasteiger partial charge is 0.385 e. The van der Waals surface area contributed by atoms with Gasteiger partial charge in [0.1, 0.15) is 12.4 Å². The van der Waals surface area contributed by atoms with Crippen LogP contribution < -0.4 is 0 Å². The van der Waals surface area contributed by atoms with Crippen LogP contribution in [-0.4, -0.2) is 20.3 Å². The molecule has 0 bridgehead atoms. The number of nitrogens with one attached hydrogen (secondary N) is 1. The first-order valence-corrected chi connectivity index (χ1v) is 4.41. The van der Waals surface area contributed by atoms with Crippen molar-refractivity contribution >= 4 is 0 Å². The lowest BCUT2D eigenvalue weighted by molar-refractivity contribution is 0.103. The van der Waals surface area contributed by atoms with Gasteiger partial charge in [0.2, 0.25) is 0 Å². The van der Waals surface area contributed by atoms with Crippen molar-refractivity contribution in [3.8, 4) is 0 Å². The number of H-pyrrole nitrogens is 1. The Bertz CT molecular complexity index is 228. The van der Waals surface area contributed by atoms with E-state index in [0.717, 1.165) is 12.8 Å². The van der Waals surface area contributed by atoms with Gasteiger partial charge >= 0.3 is 0 Å². The van der Waals surface area contributed by atoms with Crippen LogP contribution in [0.5, 0.6) is 0 Å². The van der Waals surface area contributed by atoms with Gasteiger partial charge in [-0.3, -0.25) is 5.10 Å². The second kappa shape index (κ2) is 3.23. The SMILES string of the molecule is OC(c1ncn[nH]1)C1CCCC1. The molecule has 1 unspecified atom stereocenters. The smallest absolute Gasteiger partial charge is 0.153 e. The Hall–Kier alpha value is -0.900. The molecule has 1 heterocycles. The van der Waals surface area contributed by atoms with Crippen LogP contribution >= 0.6 is 0 Å². The van der Waals surface area contributed by atoms with Gasteiger partial charge < -0.3 is 5.11 Å². The Labute approximate surface area is 71.0 Å². The molecule has 0 amide bonds. The number of aliphatic hydroxyl groups excluding tert-OH is 1. The first-order chi connectivity index (χ1) is 5.88. The zero-order valence-corrected chi connectivity index (χ0v) is 6.90. The highest BCUT2D eigenvalue weighted by Gasteiger charge is 2.25. The molecule has 12 heavy (non-hydrogen) atoms. The lowest BCUT2D eigenvalue weighted by atomic mass is 10.0. The second-order valence-corrected chi connectivity index (χ2v) is 3.36. The zero-order valence-electron chi connectivity index (χ0n) is 6.90. The molecule has 4 nitrogen and oxygen atoms in total. The Kier molecular flexibility index (Phi) is 2.08. The normalized spacial score (nSPS) is 21.4. The van der Waals surface area contributed by atoms with Crippen molar-refractivity contribution in [1.29, 1.82) is 0 Å². The van der Waals surface area contributed by atoms with Crippen LogP contribution in [0.25, 0.3) is 0 Å². The summed E-state index contributed by atoms with van der Waals surface area (Å²) in [6.07, 6.45) is 5.69. The summed E-state index contributed by atoms with van der Waals surface area (Å²) in [4.78, 5) is 3.94. The first kappa shape index (κ1) is 7.73. The van der Waals surface area contributed by atoms with Gasteiger partial charge in [-0.1, -0.05) is 12.8 Å². The van der Waals surface area contributed by atoms with Crippen LogP contribution in [0.1, 0.15) is 37.6 Å². The number of nitrogens with zero attached hydrogens (tertiary/aromatic N) is 2. The molecule has 0 radical (unpaired) electrons. The van der Waals surface area contributed by atoms with Crippen molar-refractivity contribution in [2.75, 3.05) is 0 Å². The van der Waals surface area contributed by atoms with Crippen molar-refractivity contribution < 1.29 is 5.11 Å². The summed E-state index contributed by atoms with van der Waals surface area (Å²) in [5.74, 6) is 1.000. The van der Waals surface area contributed by atoms with Gasteiger partial charge in [0.25, 0.3) is 0 Å². The average Bonchev–Trinajstić information content (AvgIpc) is 2.77. The van der Waals surface area contributed by atoms with E-state index in [1.807, 2.05) is 0 Å². The minimum Gasteiger partial charge on any atom is -0.385 e. The third kappa shape index (κ3) is 1.34. The van der Waals surface area contributed by atoms with E-state index in [2.05, 4.69) is 15.2 Å². The van der Waals surface area contributed by atoms with Gasteiger partial charge in [-0.15, -0.1) is 0 Å². The molecule has 0 aromatic carbocycles. The number of aromatic amines is 1. The van der Waals surface area contributed by atoms with Crippen LogP contribution in [-0.2, 0) is 0 Å². The fourth-order valence-corrected chi connectivity index (χ4v) is 1.85. The first-order valence-electron chi connectivity index (χ1n) is 4.41. The van der Waals surface area contributed by atoms with E-state index in [0.29, 0.717) is 11.7 Å². The van der Waals surface area contributed by atoms with Crippen molar-refractivity contribution in [3.63, 3.8) is 0 Å². The Morgan fingerprint density at radius 1 is 1.50 bits per heavy atom. The highest BCUT2D eigenvalue weighted by molar-refractivity contribution is 4.91. The van der Waals surface area contributed by atoms with Crippen molar-refractivity contribution in [2.24, 2.45) is 5.92 Å². The molecular formula is C8H13N3O. The summed E-state index contributed by atoms with van der Waals surface area (Å²) in [6, 6.07) is 0. The maximum atomic E-state index is 9.78. The molecule has 4 heteroatoms. The fourth-order valence-electron chi connectivity index (χ4n) is 1.85. The molecule has 0 saturated heterocycles. The zero-order chi connectivity index (χ0) is 8.39. The standard InChI is InChI=1S/C8H13N3O/c12-7(6-3-1-2-4-6)8-9-5-10-11-8/h5-7,12H,1-4H2,(H,9,10,11). The van der Waals surface area contributed by atoms with Gasteiger partial charge in [0, 0.05) is 0 Å². The minimum atomic E-state index is -0.435. The molecule has 2 N–H and O–H groups in total. The topological polar surface area (TPSA) is 61.8 Å². The highest BCUT2D eigenvalue weighted by Crippen LogP contribution is 2.33. The van der Waals surface area contributed by atoms with Gasteiger partial charge in [-0.2, -0.15) is 5.10 Å². The van der Waals surface area contributed by atoms with Crippen LogP contribution in [0.3, 0.4) is 0 Å². The summed E-state index contributed by atoms with van der Waals surface area (Å²) in [7, 11) is 0. The Morgan fingerprint density at radius 2 is 2.25 bits per heavy atom. The molecule has 1 atom stereocenters. The monoisotopic (exact) mass is 167 g/mol. The number of aliphatic hydroxyl groups is 1. The van der Waals surface area contributed by atoms with Crippen LogP contribution in [0.4, 0.5) is 0 Å². The third-order valence-electron chi connectivity index (χ3n) is 2.56. The number of aromatic nitrogens is 3. The van der Waals surface area contributed by atoms with E-state index in [1.165, 1.54) is 19.2 Å². The number of hydrogen-bond acceptors (Lipinski definition) is 3. The maximum absolute atomic E-state index is 9.78. The molecule has 2 rings (SSSR count). The lowest BCUT2D eigenvalue weighted by Gasteiger charge is -2.13. The van der Waals surface area contributed by atoms with E-state index < -0.39 is 6.10 Å². The lowest BCUT2D eigenvalue weighted by Crippen LogP contribution is -2.10. The van der Waals surface area contributed by atoms with E-state index in [4.69, 9.17) is 0 Å². The molecule has 1 aromatic rings.